The van der Waals surface area contributed by atoms with Crippen LogP contribution < -0.4 is 4.74 Å². The van der Waals surface area contributed by atoms with Crippen LogP contribution in [0, 0.1) is 10.1 Å². The highest BCUT2D eigenvalue weighted by Gasteiger charge is 2.27. The van der Waals surface area contributed by atoms with Gasteiger partial charge in [-0.1, -0.05) is 49.0 Å². The van der Waals surface area contributed by atoms with Crippen molar-refractivity contribution in [1.29, 1.82) is 0 Å². The Morgan fingerprint density at radius 2 is 1.84 bits per heavy atom. The molecule has 6 heteroatoms. The van der Waals surface area contributed by atoms with E-state index in [1.165, 1.54) is 6.08 Å². The van der Waals surface area contributed by atoms with Crippen molar-refractivity contribution in [3.8, 4) is 5.75 Å². The van der Waals surface area contributed by atoms with Crippen molar-refractivity contribution in [3.05, 3.63) is 88.5 Å². The van der Waals surface area contributed by atoms with Gasteiger partial charge in [0.1, 0.15) is 17.9 Å². The van der Waals surface area contributed by atoms with Gasteiger partial charge in [0.25, 0.3) is 6.04 Å². The van der Waals surface area contributed by atoms with Crippen LogP contribution in [0.1, 0.15) is 22.8 Å². The van der Waals surface area contributed by atoms with Crippen molar-refractivity contribution in [2.45, 2.75) is 25.7 Å². The molecule has 0 heterocycles. The van der Waals surface area contributed by atoms with Crippen molar-refractivity contribution in [1.82, 2.24) is 0 Å². The standard InChI is InChI=1S/C19H19NO5/c1-3-17(20(22)23)14(2)25-18-12-8-7-11-16(18)19(21)24-13-15-9-5-4-6-10-15/h3-12,14,17H,1,13H2,2H3. The van der Waals surface area contributed by atoms with Gasteiger partial charge in [0.15, 0.2) is 6.10 Å². The molecular formula is C19H19NO5. The number of carbonyl (C=O) groups excluding carboxylic acids is 1. The zero-order valence-corrected chi connectivity index (χ0v) is 13.8. The molecule has 2 atom stereocenters. The van der Waals surface area contributed by atoms with Crippen molar-refractivity contribution in [2.24, 2.45) is 0 Å². The van der Waals surface area contributed by atoms with Gasteiger partial charge in [0.2, 0.25) is 0 Å². The first kappa shape index (κ1) is 18.2. The molecule has 0 aromatic heterocycles. The number of ether oxygens (including phenoxy) is 2. The Kier molecular flexibility index (Phi) is 6.28. The van der Waals surface area contributed by atoms with Crippen LogP contribution in [0.25, 0.3) is 0 Å². The summed E-state index contributed by atoms with van der Waals surface area (Å²) in [6, 6.07) is 14.7. The van der Waals surface area contributed by atoms with Gasteiger partial charge in [-0.05, 0) is 30.7 Å². The fraction of sp³-hybridized carbons (Fsp3) is 0.211. The number of rotatable bonds is 8. The lowest BCUT2D eigenvalue weighted by molar-refractivity contribution is -0.518. The molecule has 0 saturated heterocycles. The molecule has 2 rings (SSSR count). The van der Waals surface area contributed by atoms with Crippen LogP contribution >= 0.6 is 0 Å². The molecule has 0 aliphatic heterocycles. The molecule has 130 valence electrons. The van der Waals surface area contributed by atoms with Crippen molar-refractivity contribution in [2.75, 3.05) is 0 Å². The van der Waals surface area contributed by atoms with E-state index in [1.807, 2.05) is 30.3 Å². The van der Waals surface area contributed by atoms with Crippen LogP contribution in [-0.4, -0.2) is 23.0 Å². The Morgan fingerprint density at radius 1 is 1.20 bits per heavy atom. The van der Waals surface area contributed by atoms with Gasteiger partial charge in [0.05, 0.1) is 0 Å². The fourth-order valence-corrected chi connectivity index (χ4v) is 2.26. The lowest BCUT2D eigenvalue weighted by Gasteiger charge is -2.18. The Labute approximate surface area is 145 Å². The maximum Gasteiger partial charge on any atom is 0.342 e. The number of hydrogen-bond donors (Lipinski definition) is 0. The van der Waals surface area contributed by atoms with Gasteiger partial charge in [-0.2, -0.15) is 0 Å². The molecule has 2 unspecified atom stereocenters. The Balaban J connectivity index is 2.10. The highest BCUT2D eigenvalue weighted by molar-refractivity contribution is 5.92. The maximum atomic E-state index is 12.3. The predicted octanol–water partition coefficient (Wildman–Crippen LogP) is 3.64. The second-order valence-corrected chi connectivity index (χ2v) is 5.39. The lowest BCUT2D eigenvalue weighted by Crippen LogP contribution is -2.34. The van der Waals surface area contributed by atoms with Crippen molar-refractivity contribution in [3.63, 3.8) is 0 Å². The summed E-state index contributed by atoms with van der Waals surface area (Å²) in [6.07, 6.45) is 0.427. The van der Waals surface area contributed by atoms with E-state index < -0.39 is 23.0 Å². The largest absolute Gasteiger partial charge is 0.482 e. The van der Waals surface area contributed by atoms with Crippen LogP contribution in [-0.2, 0) is 11.3 Å². The monoisotopic (exact) mass is 341 g/mol. The van der Waals surface area contributed by atoms with E-state index in [1.54, 1.807) is 31.2 Å². The Morgan fingerprint density at radius 3 is 2.48 bits per heavy atom. The number of carbonyl (C=O) groups is 1. The number of benzene rings is 2. The summed E-state index contributed by atoms with van der Waals surface area (Å²) in [4.78, 5) is 22.9. The van der Waals surface area contributed by atoms with E-state index in [-0.39, 0.29) is 17.9 Å². The Bertz CT molecular complexity index is 744. The molecule has 2 aromatic rings. The molecule has 0 bridgehead atoms. The van der Waals surface area contributed by atoms with E-state index in [2.05, 4.69) is 6.58 Å². The van der Waals surface area contributed by atoms with Gasteiger partial charge in [-0.15, -0.1) is 0 Å². The number of nitro groups is 1. The number of para-hydroxylation sites is 1. The minimum Gasteiger partial charge on any atom is -0.482 e. The Hall–Kier alpha value is -3.15. The van der Waals surface area contributed by atoms with E-state index in [4.69, 9.17) is 9.47 Å². The number of hydrogen-bond acceptors (Lipinski definition) is 5. The van der Waals surface area contributed by atoms with Crippen LogP contribution in [0.4, 0.5) is 0 Å². The third-order valence-electron chi connectivity index (χ3n) is 3.60. The molecule has 0 amide bonds. The molecule has 0 aliphatic rings. The SMILES string of the molecule is C=CC(C(C)Oc1ccccc1C(=O)OCc1ccccc1)[N+](=O)[O-]. The summed E-state index contributed by atoms with van der Waals surface area (Å²) in [5, 5.41) is 11.0. The topological polar surface area (TPSA) is 78.7 Å². The van der Waals surface area contributed by atoms with Crippen LogP contribution in [0.2, 0.25) is 0 Å². The molecule has 6 nitrogen and oxygen atoms in total. The molecule has 0 saturated carbocycles. The van der Waals surface area contributed by atoms with Gasteiger partial charge in [0, 0.05) is 4.92 Å². The van der Waals surface area contributed by atoms with E-state index in [9.17, 15) is 14.9 Å². The van der Waals surface area contributed by atoms with Gasteiger partial charge >= 0.3 is 5.97 Å². The third-order valence-corrected chi connectivity index (χ3v) is 3.60. The molecule has 25 heavy (non-hydrogen) atoms. The van der Waals surface area contributed by atoms with Crippen LogP contribution in [0.5, 0.6) is 5.75 Å². The maximum absolute atomic E-state index is 12.3. The number of esters is 1. The summed E-state index contributed by atoms with van der Waals surface area (Å²) in [7, 11) is 0. The lowest BCUT2D eigenvalue weighted by atomic mass is 10.1. The minimum atomic E-state index is -1.08. The average Bonchev–Trinajstić information content (AvgIpc) is 2.61. The first-order valence-electron chi connectivity index (χ1n) is 7.75. The second kappa shape index (κ2) is 8.63. The van der Waals surface area contributed by atoms with Gasteiger partial charge in [-0.3, -0.25) is 10.1 Å². The zero-order chi connectivity index (χ0) is 18.2. The fourth-order valence-electron chi connectivity index (χ4n) is 2.26. The smallest absolute Gasteiger partial charge is 0.342 e. The summed E-state index contributed by atoms with van der Waals surface area (Å²) in [6.45, 7) is 5.14. The molecule has 0 fully saturated rings. The first-order chi connectivity index (χ1) is 12.0. The minimum absolute atomic E-state index is 0.133. The summed E-state index contributed by atoms with van der Waals surface area (Å²) < 4.78 is 10.9. The highest BCUT2D eigenvalue weighted by atomic mass is 16.6. The van der Waals surface area contributed by atoms with E-state index >= 15 is 0 Å². The number of nitrogens with zero attached hydrogens (tertiary/aromatic N) is 1. The first-order valence-corrected chi connectivity index (χ1v) is 7.75. The van der Waals surface area contributed by atoms with Crippen molar-refractivity contribution >= 4 is 5.97 Å². The van der Waals surface area contributed by atoms with Gasteiger partial charge in [-0.25, -0.2) is 4.79 Å². The summed E-state index contributed by atoms with van der Waals surface area (Å²) in [5.41, 5.74) is 1.08. The molecule has 2 aromatic carbocycles. The molecular weight excluding hydrogens is 322 g/mol. The van der Waals surface area contributed by atoms with E-state index in [0.29, 0.717) is 0 Å². The molecule has 0 spiro atoms. The zero-order valence-electron chi connectivity index (χ0n) is 13.8. The average molecular weight is 341 g/mol. The summed E-state index contributed by atoms with van der Waals surface area (Å²) >= 11 is 0. The molecule has 0 N–H and O–H groups in total. The predicted molar refractivity (Wildman–Crippen MR) is 93.1 cm³/mol. The van der Waals surface area contributed by atoms with Crippen LogP contribution in [0.3, 0.4) is 0 Å². The van der Waals surface area contributed by atoms with E-state index in [0.717, 1.165) is 5.56 Å². The molecule has 0 aliphatic carbocycles. The highest BCUT2D eigenvalue weighted by Crippen LogP contribution is 2.22. The normalized spacial score (nSPS) is 12.7. The van der Waals surface area contributed by atoms with Gasteiger partial charge < -0.3 is 9.47 Å². The molecule has 0 radical (unpaired) electrons. The van der Waals surface area contributed by atoms with Crippen molar-refractivity contribution < 1.29 is 19.2 Å². The summed E-state index contributed by atoms with van der Waals surface area (Å²) in [5.74, 6) is -0.315. The van der Waals surface area contributed by atoms with Crippen LogP contribution in [0.15, 0.2) is 67.3 Å². The second-order valence-electron chi connectivity index (χ2n) is 5.39. The third kappa shape index (κ3) is 4.91. The quantitative estimate of drug-likeness (QED) is 0.317.